The van der Waals surface area contributed by atoms with Crippen LogP contribution in [0.25, 0.3) is 10.9 Å². The van der Waals surface area contributed by atoms with Gasteiger partial charge in [-0.1, -0.05) is 12.6 Å². The van der Waals surface area contributed by atoms with Gasteiger partial charge in [-0.15, -0.1) is 0 Å². The third-order valence-corrected chi connectivity index (χ3v) is 5.00. The molecular formula is C19H23N3O2. The van der Waals surface area contributed by atoms with Crippen molar-refractivity contribution < 1.29 is 9.59 Å². The number of aromatic nitrogens is 1. The fourth-order valence-electron chi connectivity index (χ4n) is 3.58. The number of H-pyrrole nitrogens is 1. The quantitative estimate of drug-likeness (QED) is 0.713. The van der Waals surface area contributed by atoms with Crippen LogP contribution in [0.5, 0.6) is 0 Å². The molecule has 1 saturated carbocycles. The van der Waals surface area contributed by atoms with Gasteiger partial charge in [0.2, 0.25) is 0 Å². The van der Waals surface area contributed by atoms with Crippen molar-refractivity contribution in [3.63, 3.8) is 0 Å². The van der Waals surface area contributed by atoms with E-state index in [1.165, 1.54) is 5.56 Å². The molecule has 0 aliphatic heterocycles. The first-order valence-corrected chi connectivity index (χ1v) is 8.29. The van der Waals surface area contributed by atoms with Gasteiger partial charge in [0.05, 0.1) is 11.1 Å². The predicted octanol–water partition coefficient (Wildman–Crippen LogP) is 2.64. The van der Waals surface area contributed by atoms with Crippen molar-refractivity contribution in [3.8, 4) is 0 Å². The van der Waals surface area contributed by atoms with Crippen molar-refractivity contribution in [2.75, 3.05) is 6.54 Å². The van der Waals surface area contributed by atoms with Crippen molar-refractivity contribution >= 4 is 22.6 Å². The van der Waals surface area contributed by atoms with Crippen molar-refractivity contribution in [1.82, 2.24) is 10.3 Å². The van der Waals surface area contributed by atoms with Gasteiger partial charge in [-0.05, 0) is 49.8 Å². The third-order valence-electron chi connectivity index (χ3n) is 5.00. The molecule has 4 N–H and O–H groups in total. The molecule has 24 heavy (non-hydrogen) atoms. The summed E-state index contributed by atoms with van der Waals surface area (Å²) in [5.74, 6) is 0.0594. The second-order valence-corrected chi connectivity index (χ2v) is 6.58. The van der Waals surface area contributed by atoms with E-state index in [2.05, 4.69) is 16.9 Å². The lowest BCUT2D eigenvalue weighted by Gasteiger charge is -2.15. The maximum absolute atomic E-state index is 11.6. The summed E-state index contributed by atoms with van der Waals surface area (Å²) in [6.07, 6.45) is 5.02. The summed E-state index contributed by atoms with van der Waals surface area (Å²) in [6.45, 7) is 5.89. The zero-order valence-electron chi connectivity index (χ0n) is 13.9. The monoisotopic (exact) mass is 325 g/mol. The molecule has 0 saturated heterocycles. The minimum Gasteiger partial charge on any atom is -0.366 e. The van der Waals surface area contributed by atoms with Crippen LogP contribution in [0.2, 0.25) is 0 Å². The number of Topliss-reactive ketones (excluding diaryl/α,β-unsaturated/α-hetero) is 1. The highest BCUT2D eigenvalue weighted by Crippen LogP contribution is 2.38. The molecule has 2 aromatic rings. The maximum Gasteiger partial charge on any atom is 0.250 e. The summed E-state index contributed by atoms with van der Waals surface area (Å²) in [6, 6.07) is 6.23. The molecule has 5 nitrogen and oxygen atoms in total. The molecule has 1 aromatic heterocycles. The molecule has 2 atom stereocenters. The van der Waals surface area contributed by atoms with E-state index in [9.17, 15) is 9.59 Å². The highest BCUT2D eigenvalue weighted by atomic mass is 16.1. The highest BCUT2D eigenvalue weighted by Gasteiger charge is 2.27. The number of carbonyl (C=O) groups excluding carboxylic acids is 2. The van der Waals surface area contributed by atoms with Crippen LogP contribution in [0.3, 0.4) is 0 Å². The van der Waals surface area contributed by atoms with Gasteiger partial charge in [-0.25, -0.2) is 0 Å². The number of hydrogen-bond donors (Lipinski definition) is 3. The summed E-state index contributed by atoms with van der Waals surface area (Å²) in [4.78, 5) is 25.9. The average Bonchev–Trinajstić information content (AvgIpc) is 3.20. The normalized spacial score (nSPS) is 20.4. The van der Waals surface area contributed by atoms with Crippen LogP contribution in [-0.4, -0.2) is 29.3 Å². The number of amides is 1. The number of rotatable bonds is 6. The number of aromatic amines is 1. The molecule has 1 fully saturated rings. The number of ketones is 1. The summed E-state index contributed by atoms with van der Waals surface area (Å²) < 4.78 is 0. The standard InChI is InChI=1S/C19H23N3O2/c1-11(12(2)23)10-22-14-4-3-13(9-14)15-5-6-17(19(20)24)18-16(15)7-8-21-18/h5-8,13-14,21-22H,1,3-4,9-10H2,2H3,(H2,20,24)/t13-,14+/m1/s1. The number of carbonyl (C=O) groups is 2. The second kappa shape index (κ2) is 6.61. The summed E-state index contributed by atoms with van der Waals surface area (Å²) in [5, 5.41) is 4.51. The Bertz CT molecular complexity index is 806. The zero-order valence-corrected chi connectivity index (χ0v) is 13.9. The Hall–Kier alpha value is -2.40. The fourth-order valence-corrected chi connectivity index (χ4v) is 3.58. The summed E-state index contributed by atoms with van der Waals surface area (Å²) in [5.41, 5.74) is 8.68. The predicted molar refractivity (Wildman–Crippen MR) is 95.0 cm³/mol. The maximum atomic E-state index is 11.6. The first-order chi connectivity index (χ1) is 11.5. The smallest absolute Gasteiger partial charge is 0.250 e. The van der Waals surface area contributed by atoms with Gasteiger partial charge in [0.1, 0.15) is 0 Å². The van der Waals surface area contributed by atoms with Crippen molar-refractivity contribution in [3.05, 3.63) is 47.7 Å². The van der Waals surface area contributed by atoms with Crippen molar-refractivity contribution in [2.24, 2.45) is 5.73 Å². The van der Waals surface area contributed by atoms with E-state index in [0.717, 1.165) is 30.2 Å². The number of hydrogen-bond acceptors (Lipinski definition) is 3. The van der Waals surface area contributed by atoms with Crippen LogP contribution in [0.1, 0.15) is 48.0 Å². The van der Waals surface area contributed by atoms with Crippen LogP contribution in [0.4, 0.5) is 0 Å². The number of benzene rings is 1. The lowest BCUT2D eigenvalue weighted by Crippen LogP contribution is -2.29. The third kappa shape index (κ3) is 3.12. The van der Waals surface area contributed by atoms with Gasteiger partial charge in [0, 0.05) is 29.7 Å². The van der Waals surface area contributed by atoms with Crippen LogP contribution in [0, 0.1) is 0 Å². The Morgan fingerprint density at radius 3 is 2.83 bits per heavy atom. The van der Waals surface area contributed by atoms with E-state index in [0.29, 0.717) is 29.6 Å². The van der Waals surface area contributed by atoms with Gasteiger partial charge >= 0.3 is 0 Å². The molecule has 0 radical (unpaired) electrons. The molecule has 5 heteroatoms. The Morgan fingerprint density at radius 2 is 2.12 bits per heavy atom. The minimum absolute atomic E-state index is 0.0353. The van der Waals surface area contributed by atoms with Crippen LogP contribution in [0.15, 0.2) is 36.5 Å². The largest absolute Gasteiger partial charge is 0.366 e. The molecule has 1 heterocycles. The molecule has 0 spiro atoms. The molecule has 126 valence electrons. The second-order valence-electron chi connectivity index (χ2n) is 6.58. The lowest BCUT2D eigenvalue weighted by atomic mass is 9.92. The molecule has 1 amide bonds. The number of nitrogens with two attached hydrogens (primary N) is 1. The van der Waals surface area contributed by atoms with Gasteiger partial charge in [0.15, 0.2) is 5.78 Å². The molecule has 1 aliphatic rings. The molecule has 0 bridgehead atoms. The van der Waals surface area contributed by atoms with Crippen LogP contribution < -0.4 is 11.1 Å². The van der Waals surface area contributed by atoms with E-state index in [-0.39, 0.29) is 5.78 Å². The Labute approximate surface area is 141 Å². The van der Waals surface area contributed by atoms with Crippen LogP contribution >= 0.6 is 0 Å². The topological polar surface area (TPSA) is 88.0 Å². The number of fused-ring (bicyclic) bond motifs is 1. The molecular weight excluding hydrogens is 302 g/mol. The van der Waals surface area contributed by atoms with E-state index in [1.807, 2.05) is 24.4 Å². The first-order valence-electron chi connectivity index (χ1n) is 8.29. The Kier molecular flexibility index (Phi) is 4.53. The number of primary amides is 1. The van der Waals surface area contributed by atoms with Gasteiger partial charge < -0.3 is 16.0 Å². The zero-order chi connectivity index (χ0) is 17.3. The molecule has 1 aromatic carbocycles. The number of nitrogens with one attached hydrogen (secondary N) is 2. The van der Waals surface area contributed by atoms with E-state index < -0.39 is 5.91 Å². The SMILES string of the molecule is C=C(CN[C@H]1CC[C@@H](c2ccc(C(N)=O)c3[nH]ccc23)C1)C(C)=O. The molecule has 1 aliphatic carbocycles. The summed E-state index contributed by atoms with van der Waals surface area (Å²) in [7, 11) is 0. The first kappa shape index (κ1) is 16.5. The molecule has 0 unspecified atom stereocenters. The van der Waals surface area contributed by atoms with E-state index in [4.69, 9.17) is 5.73 Å². The average molecular weight is 325 g/mol. The minimum atomic E-state index is -0.414. The van der Waals surface area contributed by atoms with Gasteiger partial charge in [-0.3, -0.25) is 9.59 Å². The Balaban J connectivity index is 1.75. The molecule has 3 rings (SSSR count). The fraction of sp³-hybridized carbons (Fsp3) is 0.368. The van der Waals surface area contributed by atoms with Crippen molar-refractivity contribution in [2.45, 2.75) is 38.1 Å². The Morgan fingerprint density at radius 1 is 1.33 bits per heavy atom. The summed E-state index contributed by atoms with van der Waals surface area (Å²) >= 11 is 0. The van der Waals surface area contributed by atoms with E-state index >= 15 is 0 Å². The van der Waals surface area contributed by atoms with E-state index in [1.54, 1.807) is 6.92 Å². The van der Waals surface area contributed by atoms with Crippen LogP contribution in [-0.2, 0) is 4.79 Å². The van der Waals surface area contributed by atoms with Gasteiger partial charge in [-0.2, -0.15) is 0 Å². The van der Waals surface area contributed by atoms with Crippen molar-refractivity contribution in [1.29, 1.82) is 0 Å². The lowest BCUT2D eigenvalue weighted by molar-refractivity contribution is -0.113. The van der Waals surface area contributed by atoms with Gasteiger partial charge in [0.25, 0.3) is 5.91 Å². The highest BCUT2D eigenvalue weighted by molar-refractivity contribution is 6.05.